The molecule has 0 saturated heterocycles. The quantitative estimate of drug-likeness (QED) is 0.424. The normalized spacial score (nSPS) is 13.8. The van der Waals surface area contributed by atoms with Crippen molar-refractivity contribution in [3.05, 3.63) is 57.9 Å². The van der Waals surface area contributed by atoms with Gasteiger partial charge in [0.15, 0.2) is 0 Å². The van der Waals surface area contributed by atoms with Crippen molar-refractivity contribution in [3.8, 4) is 0 Å². The van der Waals surface area contributed by atoms with Gasteiger partial charge >= 0.3 is 5.69 Å². The van der Waals surface area contributed by atoms with Crippen molar-refractivity contribution < 1.29 is 4.92 Å². The van der Waals surface area contributed by atoms with Gasteiger partial charge in [0.25, 0.3) is 0 Å². The van der Waals surface area contributed by atoms with E-state index in [1.807, 2.05) is 31.2 Å². The summed E-state index contributed by atoms with van der Waals surface area (Å²) in [5.41, 5.74) is 3.10. The van der Waals surface area contributed by atoms with Crippen LogP contribution in [0.25, 0.3) is 0 Å². The summed E-state index contributed by atoms with van der Waals surface area (Å²) in [6, 6.07) is 7.62. The molecule has 0 atom stereocenters. The van der Waals surface area contributed by atoms with E-state index in [-0.39, 0.29) is 17.3 Å². The van der Waals surface area contributed by atoms with Gasteiger partial charge in [-0.15, -0.1) is 0 Å². The molecule has 1 aliphatic carbocycles. The molecule has 136 valence electrons. The Morgan fingerprint density at radius 2 is 2.08 bits per heavy atom. The fourth-order valence-electron chi connectivity index (χ4n) is 3.11. The Kier molecular flexibility index (Phi) is 5.78. The van der Waals surface area contributed by atoms with Crippen molar-refractivity contribution >= 4 is 23.0 Å². The molecule has 1 aliphatic rings. The number of rotatable bonds is 7. The van der Waals surface area contributed by atoms with Crippen LogP contribution in [0.15, 0.2) is 42.2 Å². The molecule has 1 aromatic heterocycles. The van der Waals surface area contributed by atoms with Crippen molar-refractivity contribution in [2.75, 3.05) is 17.2 Å². The van der Waals surface area contributed by atoms with Crippen LogP contribution in [0.4, 0.5) is 23.0 Å². The Bertz CT molecular complexity index is 819. The third-order valence-electron chi connectivity index (χ3n) is 4.41. The van der Waals surface area contributed by atoms with E-state index in [2.05, 4.69) is 26.7 Å². The Morgan fingerprint density at radius 1 is 1.23 bits per heavy atom. The first-order valence-electron chi connectivity index (χ1n) is 8.88. The summed E-state index contributed by atoms with van der Waals surface area (Å²) in [6.07, 6.45) is 9.23. The molecule has 0 spiro atoms. The molecule has 1 aromatic carbocycles. The van der Waals surface area contributed by atoms with Gasteiger partial charge < -0.3 is 10.6 Å². The van der Waals surface area contributed by atoms with E-state index in [4.69, 9.17) is 0 Å². The van der Waals surface area contributed by atoms with Gasteiger partial charge in [0.05, 0.1) is 4.92 Å². The first kappa shape index (κ1) is 17.8. The second-order valence-corrected chi connectivity index (χ2v) is 6.46. The van der Waals surface area contributed by atoms with Gasteiger partial charge in [-0.1, -0.05) is 23.8 Å². The number of aromatic nitrogens is 2. The fraction of sp³-hybridized carbons (Fsp3) is 0.368. The number of benzene rings is 1. The molecule has 2 aromatic rings. The van der Waals surface area contributed by atoms with Crippen LogP contribution in [0, 0.1) is 17.0 Å². The lowest BCUT2D eigenvalue weighted by atomic mass is 9.97. The zero-order valence-electron chi connectivity index (χ0n) is 14.9. The molecule has 0 fully saturated rings. The topological polar surface area (TPSA) is 93.0 Å². The van der Waals surface area contributed by atoms with Crippen LogP contribution < -0.4 is 10.6 Å². The molecule has 3 rings (SSSR count). The van der Waals surface area contributed by atoms with Gasteiger partial charge in [0.2, 0.25) is 11.6 Å². The monoisotopic (exact) mass is 353 g/mol. The summed E-state index contributed by atoms with van der Waals surface area (Å²) in [7, 11) is 0. The molecule has 7 nitrogen and oxygen atoms in total. The Hall–Kier alpha value is -2.96. The molecule has 7 heteroatoms. The van der Waals surface area contributed by atoms with Crippen molar-refractivity contribution in [1.29, 1.82) is 0 Å². The smallest absolute Gasteiger partial charge is 0.353 e. The SMILES string of the molecule is Cc1cccc(Nc2ncnc(NCCC3=CCCCC3)c2[N+](=O)[O-])c1. The highest BCUT2D eigenvalue weighted by Gasteiger charge is 2.23. The minimum atomic E-state index is -0.444. The minimum absolute atomic E-state index is 0.133. The first-order valence-corrected chi connectivity index (χ1v) is 8.88. The average molecular weight is 353 g/mol. The number of nitrogens with one attached hydrogen (secondary N) is 2. The molecule has 0 bridgehead atoms. The maximum atomic E-state index is 11.6. The molecular formula is C19H23N5O2. The second-order valence-electron chi connectivity index (χ2n) is 6.46. The largest absolute Gasteiger partial charge is 0.364 e. The summed E-state index contributed by atoms with van der Waals surface area (Å²) < 4.78 is 0. The molecule has 0 unspecified atom stereocenters. The van der Waals surface area contributed by atoms with E-state index < -0.39 is 4.92 Å². The van der Waals surface area contributed by atoms with E-state index in [1.165, 1.54) is 24.7 Å². The highest BCUT2D eigenvalue weighted by molar-refractivity contribution is 5.73. The van der Waals surface area contributed by atoms with Crippen molar-refractivity contribution in [2.24, 2.45) is 0 Å². The molecule has 0 aliphatic heterocycles. The van der Waals surface area contributed by atoms with Gasteiger partial charge in [-0.2, -0.15) is 0 Å². The summed E-state index contributed by atoms with van der Waals surface area (Å²) in [4.78, 5) is 19.3. The lowest BCUT2D eigenvalue weighted by Gasteiger charge is -2.14. The third kappa shape index (κ3) is 4.56. The molecular weight excluding hydrogens is 330 g/mol. The first-order chi connectivity index (χ1) is 12.6. The predicted octanol–water partition coefficient (Wildman–Crippen LogP) is 4.74. The summed E-state index contributed by atoms with van der Waals surface area (Å²) in [5.74, 6) is 0.437. The van der Waals surface area contributed by atoms with Gasteiger partial charge in [-0.05, 0) is 56.7 Å². The van der Waals surface area contributed by atoms with Crippen molar-refractivity contribution in [2.45, 2.75) is 39.0 Å². The Labute approximate surface area is 152 Å². The summed E-state index contributed by atoms with van der Waals surface area (Å²) in [5, 5.41) is 17.7. The molecule has 26 heavy (non-hydrogen) atoms. The van der Waals surface area contributed by atoms with E-state index in [9.17, 15) is 10.1 Å². The number of anilines is 3. The predicted molar refractivity (Wildman–Crippen MR) is 103 cm³/mol. The molecule has 1 heterocycles. The van der Waals surface area contributed by atoms with Gasteiger partial charge in [-0.25, -0.2) is 9.97 Å². The van der Waals surface area contributed by atoms with E-state index >= 15 is 0 Å². The van der Waals surface area contributed by atoms with Crippen LogP contribution in [0.3, 0.4) is 0 Å². The van der Waals surface area contributed by atoms with E-state index in [0.717, 1.165) is 30.5 Å². The van der Waals surface area contributed by atoms with Crippen molar-refractivity contribution in [3.63, 3.8) is 0 Å². The maximum Gasteiger partial charge on any atom is 0.353 e. The van der Waals surface area contributed by atoms with Crippen molar-refractivity contribution in [1.82, 2.24) is 9.97 Å². The maximum absolute atomic E-state index is 11.6. The molecule has 2 N–H and O–H groups in total. The van der Waals surface area contributed by atoms with Gasteiger partial charge in [-0.3, -0.25) is 10.1 Å². The number of aryl methyl sites for hydroxylation is 1. The number of hydrogen-bond acceptors (Lipinski definition) is 6. The van der Waals surface area contributed by atoms with Crippen LogP contribution in [0.1, 0.15) is 37.7 Å². The number of nitrogens with zero attached hydrogens (tertiary/aromatic N) is 3. The van der Waals surface area contributed by atoms with Gasteiger partial charge in [0.1, 0.15) is 6.33 Å². The van der Waals surface area contributed by atoms with E-state index in [0.29, 0.717) is 6.54 Å². The zero-order valence-corrected chi connectivity index (χ0v) is 14.9. The highest BCUT2D eigenvalue weighted by Crippen LogP contribution is 2.31. The lowest BCUT2D eigenvalue weighted by Crippen LogP contribution is -2.10. The second kappa shape index (κ2) is 8.42. The zero-order chi connectivity index (χ0) is 18.4. The average Bonchev–Trinajstić information content (AvgIpc) is 2.62. The fourth-order valence-corrected chi connectivity index (χ4v) is 3.11. The number of nitro groups is 1. The molecule has 0 saturated carbocycles. The Balaban J connectivity index is 1.75. The minimum Gasteiger partial charge on any atom is -0.364 e. The van der Waals surface area contributed by atoms with Crippen LogP contribution in [-0.2, 0) is 0 Å². The molecule has 0 amide bonds. The van der Waals surface area contributed by atoms with Crippen LogP contribution in [0.5, 0.6) is 0 Å². The highest BCUT2D eigenvalue weighted by atomic mass is 16.6. The number of hydrogen-bond donors (Lipinski definition) is 2. The molecule has 0 radical (unpaired) electrons. The van der Waals surface area contributed by atoms with Crippen LogP contribution in [0.2, 0.25) is 0 Å². The summed E-state index contributed by atoms with van der Waals surface area (Å²) in [6.45, 7) is 2.58. The summed E-state index contributed by atoms with van der Waals surface area (Å²) >= 11 is 0. The van der Waals surface area contributed by atoms with Gasteiger partial charge in [0, 0.05) is 12.2 Å². The Morgan fingerprint density at radius 3 is 2.81 bits per heavy atom. The third-order valence-corrected chi connectivity index (χ3v) is 4.41. The van der Waals surface area contributed by atoms with Crippen LogP contribution >= 0.6 is 0 Å². The van der Waals surface area contributed by atoms with E-state index in [1.54, 1.807) is 0 Å². The lowest BCUT2D eigenvalue weighted by molar-refractivity contribution is -0.383. The number of allylic oxidation sites excluding steroid dienone is 1. The van der Waals surface area contributed by atoms with Crippen LogP contribution in [-0.4, -0.2) is 21.4 Å². The standard InChI is InChI=1S/C19H23N5O2/c1-14-6-5-9-16(12-14)23-19-17(24(25)26)18(21-13-22-19)20-11-10-15-7-3-2-4-8-15/h5-7,9,12-13H,2-4,8,10-11H2,1H3,(H2,20,21,22,23).